The summed E-state index contributed by atoms with van der Waals surface area (Å²) in [6.45, 7) is 5.75. The first kappa shape index (κ1) is 12.0. The van der Waals surface area contributed by atoms with Crippen molar-refractivity contribution in [2.45, 2.75) is 32.2 Å². The van der Waals surface area contributed by atoms with E-state index in [1.807, 2.05) is 7.05 Å². The molecule has 3 heteroatoms. The molecule has 0 radical (unpaired) electrons. The van der Waals surface area contributed by atoms with Crippen LogP contribution in [0.5, 0.6) is 0 Å². The van der Waals surface area contributed by atoms with E-state index in [9.17, 15) is 0 Å². The Hall–Kier alpha value is -0.120. The molecular formula is C11H23NO2. The van der Waals surface area contributed by atoms with E-state index < -0.39 is 0 Å². The summed E-state index contributed by atoms with van der Waals surface area (Å²) >= 11 is 0. The van der Waals surface area contributed by atoms with Gasteiger partial charge in [0, 0.05) is 25.9 Å². The summed E-state index contributed by atoms with van der Waals surface area (Å²) in [5, 5.41) is 3.24. The topological polar surface area (TPSA) is 30.5 Å². The average molecular weight is 201 g/mol. The molecule has 1 aliphatic rings. The molecule has 0 saturated carbocycles. The van der Waals surface area contributed by atoms with Gasteiger partial charge in [0.25, 0.3) is 0 Å². The van der Waals surface area contributed by atoms with Crippen LogP contribution in [0.2, 0.25) is 0 Å². The maximum absolute atomic E-state index is 5.70. The van der Waals surface area contributed by atoms with Gasteiger partial charge in [-0.3, -0.25) is 0 Å². The van der Waals surface area contributed by atoms with E-state index in [2.05, 4.69) is 12.2 Å². The predicted octanol–water partition coefficient (Wildman–Crippen LogP) is 1.43. The van der Waals surface area contributed by atoms with Gasteiger partial charge in [0.05, 0.1) is 6.61 Å². The van der Waals surface area contributed by atoms with Gasteiger partial charge in [-0.1, -0.05) is 6.92 Å². The fourth-order valence-corrected chi connectivity index (χ4v) is 1.70. The minimum atomic E-state index is 0.509. The summed E-state index contributed by atoms with van der Waals surface area (Å²) < 4.78 is 11.0. The number of rotatable bonds is 6. The maximum Gasteiger partial charge on any atom is 0.0619 e. The van der Waals surface area contributed by atoms with E-state index in [1.54, 1.807) is 0 Å². The van der Waals surface area contributed by atoms with Crippen molar-refractivity contribution in [1.82, 2.24) is 5.32 Å². The fourth-order valence-electron chi connectivity index (χ4n) is 1.70. The molecule has 1 atom stereocenters. The predicted molar refractivity (Wildman–Crippen MR) is 57.5 cm³/mol. The zero-order valence-electron chi connectivity index (χ0n) is 9.42. The van der Waals surface area contributed by atoms with Crippen LogP contribution < -0.4 is 5.32 Å². The van der Waals surface area contributed by atoms with Crippen LogP contribution in [0.25, 0.3) is 0 Å². The minimum absolute atomic E-state index is 0.509. The zero-order chi connectivity index (χ0) is 10.2. The molecule has 1 fully saturated rings. The molecule has 1 N–H and O–H groups in total. The van der Waals surface area contributed by atoms with E-state index in [0.29, 0.717) is 6.04 Å². The Morgan fingerprint density at radius 3 is 2.71 bits per heavy atom. The van der Waals surface area contributed by atoms with Crippen molar-refractivity contribution in [3.05, 3.63) is 0 Å². The first-order valence-corrected chi connectivity index (χ1v) is 5.69. The van der Waals surface area contributed by atoms with Gasteiger partial charge >= 0.3 is 0 Å². The summed E-state index contributed by atoms with van der Waals surface area (Å²) in [7, 11) is 1.99. The summed E-state index contributed by atoms with van der Waals surface area (Å²) in [6.07, 6.45) is 3.46. The van der Waals surface area contributed by atoms with Gasteiger partial charge in [0.15, 0.2) is 0 Å². The lowest BCUT2D eigenvalue weighted by Gasteiger charge is -2.23. The SMILES string of the molecule is CCC(COCC1CCOCC1)NC. The first-order chi connectivity index (χ1) is 6.86. The first-order valence-electron chi connectivity index (χ1n) is 5.69. The van der Waals surface area contributed by atoms with Gasteiger partial charge in [0.1, 0.15) is 0 Å². The molecule has 1 heterocycles. The van der Waals surface area contributed by atoms with Crippen molar-refractivity contribution in [3.8, 4) is 0 Å². The van der Waals surface area contributed by atoms with Crippen LogP contribution in [0.3, 0.4) is 0 Å². The van der Waals surface area contributed by atoms with Crippen LogP contribution in [-0.2, 0) is 9.47 Å². The summed E-state index contributed by atoms with van der Waals surface area (Å²) in [5.74, 6) is 0.720. The Kier molecular flexibility index (Phi) is 6.15. The summed E-state index contributed by atoms with van der Waals surface area (Å²) in [5.41, 5.74) is 0. The van der Waals surface area contributed by atoms with E-state index in [0.717, 1.165) is 51.6 Å². The second-order valence-corrected chi connectivity index (χ2v) is 3.99. The summed E-state index contributed by atoms with van der Waals surface area (Å²) in [4.78, 5) is 0. The highest BCUT2D eigenvalue weighted by Crippen LogP contribution is 2.14. The van der Waals surface area contributed by atoms with Crippen molar-refractivity contribution in [3.63, 3.8) is 0 Å². The third-order valence-corrected chi connectivity index (χ3v) is 2.91. The Bertz CT molecular complexity index is 131. The molecule has 14 heavy (non-hydrogen) atoms. The van der Waals surface area contributed by atoms with Gasteiger partial charge < -0.3 is 14.8 Å². The molecule has 0 aromatic rings. The quantitative estimate of drug-likeness (QED) is 0.705. The molecule has 1 saturated heterocycles. The number of likely N-dealkylation sites (N-methyl/N-ethyl adjacent to an activating group) is 1. The van der Waals surface area contributed by atoms with Gasteiger partial charge in [-0.05, 0) is 32.2 Å². The normalized spacial score (nSPS) is 21.0. The van der Waals surface area contributed by atoms with Crippen LogP contribution in [0.1, 0.15) is 26.2 Å². The summed E-state index contributed by atoms with van der Waals surface area (Å²) in [6, 6.07) is 0.509. The molecule has 0 aliphatic carbocycles. The maximum atomic E-state index is 5.70. The fraction of sp³-hybridized carbons (Fsp3) is 1.00. The zero-order valence-corrected chi connectivity index (χ0v) is 9.42. The van der Waals surface area contributed by atoms with E-state index in [-0.39, 0.29) is 0 Å². The van der Waals surface area contributed by atoms with E-state index in [4.69, 9.17) is 9.47 Å². The largest absolute Gasteiger partial charge is 0.381 e. The molecule has 1 unspecified atom stereocenters. The molecule has 0 aromatic heterocycles. The highest BCUT2D eigenvalue weighted by atomic mass is 16.5. The van der Waals surface area contributed by atoms with Gasteiger partial charge in [0.2, 0.25) is 0 Å². The number of nitrogens with one attached hydrogen (secondary N) is 1. The van der Waals surface area contributed by atoms with Crippen molar-refractivity contribution < 1.29 is 9.47 Å². The molecule has 0 amide bonds. The Morgan fingerprint density at radius 1 is 1.43 bits per heavy atom. The van der Waals surface area contributed by atoms with Crippen molar-refractivity contribution in [1.29, 1.82) is 0 Å². The molecule has 0 spiro atoms. The number of ether oxygens (including phenoxy) is 2. The van der Waals surface area contributed by atoms with Crippen molar-refractivity contribution >= 4 is 0 Å². The van der Waals surface area contributed by atoms with Gasteiger partial charge in [-0.2, -0.15) is 0 Å². The van der Waals surface area contributed by atoms with Crippen LogP contribution in [0, 0.1) is 5.92 Å². The molecular weight excluding hydrogens is 178 g/mol. The lowest BCUT2D eigenvalue weighted by Crippen LogP contribution is -2.31. The molecule has 0 bridgehead atoms. The monoisotopic (exact) mass is 201 g/mol. The van der Waals surface area contributed by atoms with Crippen LogP contribution in [0.4, 0.5) is 0 Å². The lowest BCUT2D eigenvalue weighted by atomic mass is 10.0. The van der Waals surface area contributed by atoms with E-state index in [1.165, 1.54) is 0 Å². The smallest absolute Gasteiger partial charge is 0.0619 e. The third kappa shape index (κ3) is 4.40. The minimum Gasteiger partial charge on any atom is -0.381 e. The highest BCUT2D eigenvalue weighted by molar-refractivity contribution is 4.64. The van der Waals surface area contributed by atoms with E-state index >= 15 is 0 Å². The van der Waals surface area contributed by atoms with Crippen LogP contribution >= 0.6 is 0 Å². The Labute approximate surface area is 87.2 Å². The second kappa shape index (κ2) is 7.21. The van der Waals surface area contributed by atoms with Gasteiger partial charge in [-0.15, -0.1) is 0 Å². The standard InChI is InChI=1S/C11H23NO2/c1-3-11(12-2)9-14-8-10-4-6-13-7-5-10/h10-12H,3-9H2,1-2H3. The lowest BCUT2D eigenvalue weighted by molar-refractivity contribution is 0.0155. The molecule has 84 valence electrons. The molecule has 0 aromatic carbocycles. The molecule has 1 rings (SSSR count). The second-order valence-electron chi connectivity index (χ2n) is 3.99. The third-order valence-electron chi connectivity index (χ3n) is 2.91. The van der Waals surface area contributed by atoms with Crippen LogP contribution in [0.15, 0.2) is 0 Å². The molecule has 3 nitrogen and oxygen atoms in total. The average Bonchev–Trinajstić information content (AvgIpc) is 2.26. The number of hydrogen-bond acceptors (Lipinski definition) is 3. The van der Waals surface area contributed by atoms with Gasteiger partial charge in [-0.25, -0.2) is 0 Å². The Balaban J connectivity index is 2.01. The van der Waals surface area contributed by atoms with Crippen molar-refractivity contribution in [2.75, 3.05) is 33.5 Å². The molecule has 1 aliphatic heterocycles. The highest BCUT2D eigenvalue weighted by Gasteiger charge is 2.14. The van der Waals surface area contributed by atoms with Crippen molar-refractivity contribution in [2.24, 2.45) is 5.92 Å². The number of hydrogen-bond donors (Lipinski definition) is 1. The van der Waals surface area contributed by atoms with Crippen LogP contribution in [-0.4, -0.2) is 39.5 Å². The Morgan fingerprint density at radius 2 is 2.14 bits per heavy atom.